The van der Waals surface area contributed by atoms with E-state index in [0.29, 0.717) is 5.82 Å². The zero-order chi connectivity index (χ0) is 12.3. The lowest BCUT2D eigenvalue weighted by molar-refractivity contribution is -0.115. The Kier molecular flexibility index (Phi) is 4.45. The fraction of sp³-hybridized carbons (Fsp3) is 0.500. The van der Waals surface area contributed by atoms with Gasteiger partial charge in [0, 0.05) is 4.47 Å². The van der Waals surface area contributed by atoms with Crippen LogP contribution in [0.15, 0.2) is 16.6 Å². The number of carbonyl (C=O) groups excluding carboxylic acids is 1. The first-order valence-corrected chi connectivity index (χ1v) is 7.56. The molecular weight excluding hydrogens is 300 g/mol. The lowest BCUT2D eigenvalue weighted by atomic mass is 10.2. The van der Waals surface area contributed by atoms with Gasteiger partial charge in [0.25, 0.3) is 0 Å². The second-order valence-corrected chi connectivity index (χ2v) is 6.27. The van der Waals surface area contributed by atoms with Crippen molar-refractivity contribution in [1.29, 1.82) is 0 Å². The molecule has 2 rings (SSSR count). The maximum atomic E-state index is 12.0. The number of nitrogens with one attached hydrogen (secondary N) is 1. The van der Waals surface area contributed by atoms with Crippen LogP contribution in [0.3, 0.4) is 0 Å². The van der Waals surface area contributed by atoms with Crippen LogP contribution in [0, 0.1) is 6.92 Å². The van der Waals surface area contributed by atoms with Gasteiger partial charge in [-0.3, -0.25) is 4.79 Å². The van der Waals surface area contributed by atoms with Crippen molar-refractivity contribution in [2.45, 2.75) is 31.4 Å². The predicted molar refractivity (Wildman–Crippen MR) is 75.4 cm³/mol. The predicted octanol–water partition coefficient (Wildman–Crippen LogP) is 3.38. The van der Waals surface area contributed by atoms with Crippen LogP contribution in [0.1, 0.15) is 25.0 Å². The number of aryl methyl sites for hydroxylation is 1. The molecule has 92 valence electrons. The Morgan fingerprint density at radius 2 is 2.35 bits per heavy atom. The maximum Gasteiger partial charge on any atom is 0.238 e. The van der Waals surface area contributed by atoms with Crippen molar-refractivity contribution in [1.82, 2.24) is 4.98 Å². The number of pyridine rings is 1. The van der Waals surface area contributed by atoms with Crippen molar-refractivity contribution < 1.29 is 4.79 Å². The maximum absolute atomic E-state index is 12.0. The quantitative estimate of drug-likeness (QED) is 0.910. The highest BCUT2D eigenvalue weighted by atomic mass is 79.9. The summed E-state index contributed by atoms with van der Waals surface area (Å²) in [6.45, 7) is 1.91. The lowest BCUT2D eigenvalue weighted by Crippen LogP contribution is -2.27. The standard InChI is InChI=1S/C12H15BrN2OS/c1-8-9(13)5-6-11(14-8)15-12(16)10-4-2-3-7-17-10/h5-6,10H,2-4,7H2,1H3,(H,14,15,16). The van der Waals surface area contributed by atoms with Gasteiger partial charge in [0.2, 0.25) is 5.91 Å². The first kappa shape index (κ1) is 12.9. The molecule has 3 nitrogen and oxygen atoms in total. The van der Waals surface area contributed by atoms with Gasteiger partial charge in [0.05, 0.1) is 10.9 Å². The van der Waals surface area contributed by atoms with Crippen LogP contribution in [-0.2, 0) is 4.79 Å². The van der Waals surface area contributed by atoms with E-state index in [1.54, 1.807) is 11.8 Å². The molecule has 2 heterocycles. The molecule has 1 atom stereocenters. The highest BCUT2D eigenvalue weighted by Gasteiger charge is 2.21. The van der Waals surface area contributed by atoms with Crippen LogP contribution < -0.4 is 5.32 Å². The molecule has 5 heteroatoms. The van der Waals surface area contributed by atoms with Crippen molar-refractivity contribution in [2.24, 2.45) is 0 Å². The Hall–Kier alpha value is -0.550. The van der Waals surface area contributed by atoms with E-state index in [9.17, 15) is 4.79 Å². The third-order valence-electron chi connectivity index (χ3n) is 2.74. The van der Waals surface area contributed by atoms with Crippen LogP contribution in [0.2, 0.25) is 0 Å². The molecule has 1 aliphatic heterocycles. The summed E-state index contributed by atoms with van der Waals surface area (Å²) < 4.78 is 0.961. The highest BCUT2D eigenvalue weighted by Crippen LogP contribution is 2.26. The van der Waals surface area contributed by atoms with Crippen LogP contribution in [0.4, 0.5) is 5.82 Å². The molecule has 1 unspecified atom stereocenters. The Balaban J connectivity index is 1.99. The smallest absolute Gasteiger partial charge is 0.238 e. The van der Waals surface area contributed by atoms with E-state index in [0.717, 1.165) is 28.8 Å². The zero-order valence-corrected chi connectivity index (χ0v) is 12.1. The van der Waals surface area contributed by atoms with E-state index in [2.05, 4.69) is 26.2 Å². The summed E-state index contributed by atoms with van der Waals surface area (Å²) in [5.74, 6) is 1.82. The summed E-state index contributed by atoms with van der Waals surface area (Å²) in [6.07, 6.45) is 3.36. The minimum Gasteiger partial charge on any atom is -0.310 e. The molecule has 0 bridgehead atoms. The Morgan fingerprint density at radius 1 is 1.53 bits per heavy atom. The van der Waals surface area contributed by atoms with Gasteiger partial charge in [-0.05, 0) is 53.6 Å². The molecule has 0 radical (unpaired) electrons. The third-order valence-corrected chi connectivity index (χ3v) is 4.96. The number of anilines is 1. The molecule has 0 aliphatic carbocycles. The minimum absolute atomic E-state index is 0.0870. The number of aromatic nitrogens is 1. The minimum atomic E-state index is 0.0870. The number of amides is 1. The van der Waals surface area contributed by atoms with Crippen LogP contribution in [0.5, 0.6) is 0 Å². The Bertz CT molecular complexity index is 419. The summed E-state index contributed by atoms with van der Waals surface area (Å²) in [7, 11) is 0. The highest BCUT2D eigenvalue weighted by molar-refractivity contribution is 9.10. The van der Waals surface area contributed by atoms with E-state index in [4.69, 9.17) is 0 Å². The van der Waals surface area contributed by atoms with Crippen LogP contribution in [0.25, 0.3) is 0 Å². The number of nitrogens with zero attached hydrogens (tertiary/aromatic N) is 1. The largest absolute Gasteiger partial charge is 0.310 e. The van der Waals surface area contributed by atoms with Crippen molar-refractivity contribution >= 4 is 39.4 Å². The molecule has 1 fully saturated rings. The number of rotatable bonds is 2. The van der Waals surface area contributed by atoms with E-state index >= 15 is 0 Å². The molecule has 0 saturated carbocycles. The second-order valence-electron chi connectivity index (χ2n) is 4.11. The van der Waals surface area contributed by atoms with E-state index in [1.165, 1.54) is 6.42 Å². The fourth-order valence-corrected chi connectivity index (χ4v) is 3.19. The number of thioether (sulfide) groups is 1. The second kappa shape index (κ2) is 5.87. The average Bonchev–Trinajstić information content (AvgIpc) is 2.35. The molecule has 1 saturated heterocycles. The number of hydrogen-bond donors (Lipinski definition) is 1. The topological polar surface area (TPSA) is 42.0 Å². The molecule has 1 amide bonds. The molecule has 1 N–H and O–H groups in total. The summed E-state index contributed by atoms with van der Waals surface area (Å²) in [4.78, 5) is 16.3. The molecular formula is C12H15BrN2OS. The van der Waals surface area contributed by atoms with Crippen molar-refractivity contribution in [2.75, 3.05) is 11.1 Å². The number of halogens is 1. The molecule has 17 heavy (non-hydrogen) atoms. The van der Waals surface area contributed by atoms with Gasteiger partial charge >= 0.3 is 0 Å². The Labute approximate surface area is 114 Å². The van der Waals surface area contributed by atoms with Crippen molar-refractivity contribution in [3.63, 3.8) is 0 Å². The fourth-order valence-electron chi connectivity index (χ4n) is 1.77. The summed E-state index contributed by atoms with van der Waals surface area (Å²) in [5.41, 5.74) is 0.888. The Morgan fingerprint density at radius 3 is 3.00 bits per heavy atom. The molecule has 0 spiro atoms. The molecule has 1 aliphatic rings. The van der Waals surface area contributed by atoms with E-state index in [1.807, 2.05) is 19.1 Å². The van der Waals surface area contributed by atoms with Gasteiger partial charge in [0.1, 0.15) is 5.82 Å². The average molecular weight is 315 g/mol. The van der Waals surface area contributed by atoms with Gasteiger partial charge in [-0.2, -0.15) is 0 Å². The van der Waals surface area contributed by atoms with Crippen LogP contribution >= 0.6 is 27.7 Å². The van der Waals surface area contributed by atoms with E-state index < -0.39 is 0 Å². The number of carbonyl (C=O) groups is 1. The SMILES string of the molecule is Cc1nc(NC(=O)C2CCCCS2)ccc1Br. The monoisotopic (exact) mass is 314 g/mol. The normalized spacial score (nSPS) is 20.0. The first-order chi connectivity index (χ1) is 8.16. The van der Waals surface area contributed by atoms with Gasteiger partial charge < -0.3 is 5.32 Å². The number of hydrogen-bond acceptors (Lipinski definition) is 3. The zero-order valence-electron chi connectivity index (χ0n) is 9.70. The van der Waals surface area contributed by atoms with Gasteiger partial charge in [0.15, 0.2) is 0 Å². The van der Waals surface area contributed by atoms with Gasteiger partial charge in [-0.15, -0.1) is 11.8 Å². The third kappa shape index (κ3) is 3.45. The molecule has 1 aromatic heterocycles. The molecule has 1 aromatic rings. The first-order valence-electron chi connectivity index (χ1n) is 5.72. The van der Waals surface area contributed by atoms with Gasteiger partial charge in [-0.25, -0.2) is 4.98 Å². The summed E-state index contributed by atoms with van der Waals surface area (Å²) in [6, 6.07) is 3.73. The summed E-state index contributed by atoms with van der Waals surface area (Å²) in [5, 5.41) is 2.98. The lowest BCUT2D eigenvalue weighted by Gasteiger charge is -2.20. The summed E-state index contributed by atoms with van der Waals surface area (Å²) >= 11 is 5.14. The van der Waals surface area contributed by atoms with Crippen LogP contribution in [-0.4, -0.2) is 21.9 Å². The van der Waals surface area contributed by atoms with Crippen molar-refractivity contribution in [3.05, 3.63) is 22.3 Å². The van der Waals surface area contributed by atoms with Gasteiger partial charge in [-0.1, -0.05) is 6.42 Å². The van der Waals surface area contributed by atoms with E-state index in [-0.39, 0.29) is 11.2 Å². The van der Waals surface area contributed by atoms with Crippen molar-refractivity contribution in [3.8, 4) is 0 Å². The molecule has 0 aromatic carbocycles.